The van der Waals surface area contributed by atoms with Crippen LogP contribution in [0, 0.1) is 0 Å². The number of rotatable bonds is 1. The molecule has 2 atom stereocenters. The maximum atomic E-state index is 5.33. The van der Waals surface area contributed by atoms with Crippen LogP contribution in [0.2, 0.25) is 0 Å². The van der Waals surface area contributed by atoms with Crippen LogP contribution < -0.4 is 5.32 Å². The van der Waals surface area contributed by atoms with Crippen molar-refractivity contribution < 1.29 is 9.47 Å². The number of nitrogens with one attached hydrogen (secondary N) is 1. The molecule has 2 rings (SSSR count). The molecular formula is C6H10N2O2. The zero-order valence-electron chi connectivity index (χ0n) is 5.62. The van der Waals surface area contributed by atoms with Crippen LogP contribution in [-0.2, 0) is 9.47 Å². The summed E-state index contributed by atoms with van der Waals surface area (Å²) < 4.78 is 10.3. The van der Waals surface area contributed by atoms with Crippen LogP contribution in [0.3, 0.4) is 0 Å². The molecule has 1 saturated heterocycles. The number of hydrogen-bond acceptors (Lipinski definition) is 4. The van der Waals surface area contributed by atoms with E-state index in [1.165, 1.54) is 6.40 Å². The largest absolute Gasteiger partial charge is 0.481 e. The summed E-state index contributed by atoms with van der Waals surface area (Å²) in [6.45, 7) is 2.37. The molecule has 10 heavy (non-hydrogen) atoms. The van der Waals surface area contributed by atoms with Crippen molar-refractivity contribution in [2.24, 2.45) is 4.99 Å². The summed E-state index contributed by atoms with van der Waals surface area (Å²) in [7, 11) is 0. The second-order valence-corrected chi connectivity index (χ2v) is 2.40. The van der Waals surface area contributed by atoms with E-state index >= 15 is 0 Å². The van der Waals surface area contributed by atoms with Crippen molar-refractivity contribution >= 4 is 6.40 Å². The molecule has 0 aromatic heterocycles. The predicted molar refractivity (Wildman–Crippen MR) is 36.0 cm³/mol. The summed E-state index contributed by atoms with van der Waals surface area (Å²) in [6, 6.07) is 0.169. The van der Waals surface area contributed by atoms with Crippen LogP contribution in [0.5, 0.6) is 0 Å². The third-order valence-corrected chi connectivity index (χ3v) is 1.69. The predicted octanol–water partition coefficient (Wildman–Crippen LogP) is -0.641. The Balaban J connectivity index is 1.91. The lowest BCUT2D eigenvalue weighted by molar-refractivity contribution is 0.0720. The molecule has 0 saturated carbocycles. The van der Waals surface area contributed by atoms with Gasteiger partial charge in [-0.3, -0.25) is 5.32 Å². The fourth-order valence-corrected chi connectivity index (χ4v) is 1.16. The first kappa shape index (κ1) is 6.12. The Kier molecular flexibility index (Phi) is 1.56. The minimum atomic E-state index is 0.0822. The molecule has 2 heterocycles. The van der Waals surface area contributed by atoms with Gasteiger partial charge in [-0.05, 0) is 0 Å². The average Bonchev–Trinajstić information content (AvgIpc) is 2.59. The Hall–Kier alpha value is -0.610. The van der Waals surface area contributed by atoms with Gasteiger partial charge in [-0.15, -0.1) is 0 Å². The molecule has 0 amide bonds. The molecule has 0 spiro atoms. The van der Waals surface area contributed by atoms with Crippen molar-refractivity contribution in [1.29, 1.82) is 0 Å². The van der Waals surface area contributed by atoms with Gasteiger partial charge in [-0.1, -0.05) is 0 Å². The molecule has 4 nitrogen and oxygen atoms in total. The number of ether oxygens (including phenoxy) is 2. The van der Waals surface area contributed by atoms with Crippen LogP contribution in [0.15, 0.2) is 4.99 Å². The Labute approximate surface area is 59.2 Å². The third-order valence-electron chi connectivity index (χ3n) is 1.69. The van der Waals surface area contributed by atoms with E-state index in [1.54, 1.807) is 0 Å². The zero-order chi connectivity index (χ0) is 6.81. The quantitative estimate of drug-likeness (QED) is 0.529. The molecule has 0 bridgehead atoms. The minimum Gasteiger partial charge on any atom is -0.481 e. The summed E-state index contributed by atoms with van der Waals surface area (Å²) in [5.74, 6) is 0. The van der Waals surface area contributed by atoms with Gasteiger partial charge in [-0.25, -0.2) is 4.99 Å². The van der Waals surface area contributed by atoms with Crippen molar-refractivity contribution in [2.75, 3.05) is 19.8 Å². The first-order valence-corrected chi connectivity index (χ1v) is 3.45. The van der Waals surface area contributed by atoms with Gasteiger partial charge >= 0.3 is 0 Å². The van der Waals surface area contributed by atoms with Crippen molar-refractivity contribution in [3.05, 3.63) is 0 Å². The summed E-state index contributed by atoms with van der Waals surface area (Å²) >= 11 is 0. The molecule has 0 radical (unpaired) electrons. The maximum absolute atomic E-state index is 5.33. The molecule has 0 aliphatic carbocycles. The SMILES string of the molecule is C1=NC(C2NCCO2)CO1. The van der Waals surface area contributed by atoms with Crippen LogP contribution in [0.25, 0.3) is 0 Å². The fourth-order valence-electron chi connectivity index (χ4n) is 1.16. The molecule has 2 unspecified atom stereocenters. The highest BCUT2D eigenvalue weighted by atomic mass is 16.5. The minimum absolute atomic E-state index is 0.0822. The topological polar surface area (TPSA) is 42.9 Å². The van der Waals surface area contributed by atoms with E-state index in [1.807, 2.05) is 0 Å². The fraction of sp³-hybridized carbons (Fsp3) is 0.833. The average molecular weight is 142 g/mol. The van der Waals surface area contributed by atoms with Gasteiger partial charge in [0.05, 0.1) is 6.61 Å². The summed E-state index contributed by atoms with van der Waals surface area (Å²) in [4.78, 5) is 4.08. The third kappa shape index (κ3) is 0.998. The van der Waals surface area contributed by atoms with Crippen LogP contribution in [0.1, 0.15) is 0 Å². The molecule has 2 aliphatic rings. The van der Waals surface area contributed by atoms with E-state index in [4.69, 9.17) is 9.47 Å². The van der Waals surface area contributed by atoms with Crippen LogP contribution in [-0.4, -0.2) is 38.4 Å². The Bertz CT molecular complexity index is 143. The Morgan fingerprint density at radius 3 is 3.20 bits per heavy atom. The molecule has 1 fully saturated rings. The van der Waals surface area contributed by atoms with E-state index in [0.29, 0.717) is 6.61 Å². The maximum Gasteiger partial charge on any atom is 0.170 e. The van der Waals surface area contributed by atoms with E-state index in [0.717, 1.165) is 13.2 Å². The highest BCUT2D eigenvalue weighted by Crippen LogP contribution is 2.08. The highest BCUT2D eigenvalue weighted by molar-refractivity contribution is 5.49. The highest BCUT2D eigenvalue weighted by Gasteiger charge is 2.27. The molecule has 4 heteroatoms. The standard InChI is InChI=1S/C6H10N2O2/c1-2-10-6(7-1)5-3-9-4-8-5/h4-7H,1-3H2. The van der Waals surface area contributed by atoms with Crippen LogP contribution in [0.4, 0.5) is 0 Å². The van der Waals surface area contributed by atoms with Crippen LogP contribution >= 0.6 is 0 Å². The molecule has 0 aromatic rings. The van der Waals surface area contributed by atoms with Gasteiger partial charge in [-0.2, -0.15) is 0 Å². The van der Waals surface area contributed by atoms with E-state index in [2.05, 4.69) is 10.3 Å². The number of nitrogens with zero attached hydrogens (tertiary/aromatic N) is 1. The lowest BCUT2D eigenvalue weighted by atomic mass is 10.3. The Morgan fingerprint density at radius 2 is 2.60 bits per heavy atom. The first-order valence-electron chi connectivity index (χ1n) is 3.45. The smallest absolute Gasteiger partial charge is 0.170 e. The Morgan fingerprint density at radius 1 is 1.60 bits per heavy atom. The van der Waals surface area contributed by atoms with Crippen molar-refractivity contribution in [3.8, 4) is 0 Å². The zero-order valence-corrected chi connectivity index (χ0v) is 5.62. The van der Waals surface area contributed by atoms with Crippen molar-refractivity contribution in [3.63, 3.8) is 0 Å². The van der Waals surface area contributed by atoms with Gasteiger partial charge < -0.3 is 9.47 Å². The van der Waals surface area contributed by atoms with E-state index in [9.17, 15) is 0 Å². The number of hydrogen-bond donors (Lipinski definition) is 1. The van der Waals surface area contributed by atoms with Gasteiger partial charge in [0.1, 0.15) is 18.9 Å². The molecule has 56 valence electrons. The van der Waals surface area contributed by atoms with Gasteiger partial charge in [0.15, 0.2) is 6.40 Å². The lowest BCUT2D eigenvalue weighted by Gasteiger charge is -2.12. The summed E-state index contributed by atoms with van der Waals surface area (Å²) in [6.07, 6.45) is 1.58. The molecule has 2 aliphatic heterocycles. The summed E-state index contributed by atoms with van der Waals surface area (Å²) in [5, 5.41) is 3.18. The van der Waals surface area contributed by atoms with Gasteiger partial charge in [0.2, 0.25) is 0 Å². The van der Waals surface area contributed by atoms with Gasteiger partial charge in [0.25, 0.3) is 0 Å². The first-order chi connectivity index (χ1) is 4.97. The molecular weight excluding hydrogens is 132 g/mol. The molecule has 1 N–H and O–H groups in total. The molecule has 0 aromatic carbocycles. The normalized spacial score (nSPS) is 38.4. The van der Waals surface area contributed by atoms with Crippen molar-refractivity contribution in [2.45, 2.75) is 12.3 Å². The van der Waals surface area contributed by atoms with E-state index < -0.39 is 0 Å². The van der Waals surface area contributed by atoms with E-state index in [-0.39, 0.29) is 12.3 Å². The number of aliphatic imine (C=N–C) groups is 1. The second-order valence-electron chi connectivity index (χ2n) is 2.40. The van der Waals surface area contributed by atoms with Crippen molar-refractivity contribution in [1.82, 2.24) is 5.32 Å². The summed E-state index contributed by atoms with van der Waals surface area (Å²) in [5.41, 5.74) is 0. The monoisotopic (exact) mass is 142 g/mol. The second kappa shape index (κ2) is 2.56. The van der Waals surface area contributed by atoms with Gasteiger partial charge in [0, 0.05) is 6.54 Å². The lowest BCUT2D eigenvalue weighted by Crippen LogP contribution is -2.35.